The Labute approximate surface area is 124 Å². The smallest absolute Gasteiger partial charge is 0.165 e. The summed E-state index contributed by atoms with van der Waals surface area (Å²) in [5.41, 5.74) is 3.91. The van der Waals surface area contributed by atoms with Crippen molar-refractivity contribution in [2.24, 2.45) is 0 Å². The lowest BCUT2D eigenvalue weighted by Crippen LogP contribution is -2.02. The second kappa shape index (κ2) is 6.92. The molecule has 0 radical (unpaired) electrons. The van der Waals surface area contributed by atoms with Crippen LogP contribution in [0.15, 0.2) is 36.4 Å². The van der Waals surface area contributed by atoms with Crippen LogP contribution in [0.2, 0.25) is 0 Å². The van der Waals surface area contributed by atoms with Gasteiger partial charge in [0.05, 0.1) is 0 Å². The van der Waals surface area contributed by atoms with Crippen LogP contribution in [0.4, 0.5) is 4.39 Å². The molecule has 0 fully saturated rings. The molecular formula is C18H17FO2. The number of halogens is 1. The normalized spacial score (nSPS) is 9.90. The lowest BCUT2D eigenvalue weighted by molar-refractivity contribution is 0.289. The molecule has 0 heterocycles. The van der Waals surface area contributed by atoms with E-state index in [1.807, 2.05) is 32.0 Å². The van der Waals surface area contributed by atoms with Crippen molar-refractivity contribution in [2.45, 2.75) is 20.5 Å². The Morgan fingerprint density at radius 2 is 1.86 bits per heavy atom. The van der Waals surface area contributed by atoms with Crippen molar-refractivity contribution in [1.29, 1.82) is 0 Å². The molecule has 0 aliphatic carbocycles. The van der Waals surface area contributed by atoms with Gasteiger partial charge >= 0.3 is 0 Å². The van der Waals surface area contributed by atoms with Crippen LogP contribution in [0, 0.1) is 31.5 Å². The molecule has 0 spiro atoms. The third-order valence-corrected chi connectivity index (χ3v) is 3.26. The van der Waals surface area contributed by atoms with Crippen molar-refractivity contribution in [3.63, 3.8) is 0 Å². The molecule has 21 heavy (non-hydrogen) atoms. The van der Waals surface area contributed by atoms with Crippen molar-refractivity contribution in [3.8, 4) is 17.6 Å². The summed E-state index contributed by atoms with van der Waals surface area (Å²) < 4.78 is 19.4. The van der Waals surface area contributed by atoms with E-state index in [0.717, 1.165) is 16.7 Å². The van der Waals surface area contributed by atoms with Crippen LogP contribution in [0.25, 0.3) is 0 Å². The predicted molar refractivity (Wildman–Crippen MR) is 80.6 cm³/mol. The highest BCUT2D eigenvalue weighted by atomic mass is 19.1. The van der Waals surface area contributed by atoms with Gasteiger partial charge in [0.1, 0.15) is 13.2 Å². The minimum atomic E-state index is -0.421. The predicted octanol–water partition coefficient (Wildman–Crippen LogP) is 3.37. The van der Waals surface area contributed by atoms with Crippen molar-refractivity contribution in [1.82, 2.24) is 0 Å². The number of aryl methyl sites for hydroxylation is 2. The third kappa shape index (κ3) is 3.84. The van der Waals surface area contributed by atoms with E-state index in [9.17, 15) is 4.39 Å². The molecule has 0 bridgehead atoms. The highest BCUT2D eigenvalue weighted by Crippen LogP contribution is 2.21. The van der Waals surface area contributed by atoms with E-state index in [-0.39, 0.29) is 12.4 Å². The van der Waals surface area contributed by atoms with Crippen molar-refractivity contribution >= 4 is 0 Å². The first-order chi connectivity index (χ1) is 10.1. The molecule has 0 aliphatic rings. The van der Waals surface area contributed by atoms with E-state index in [1.54, 1.807) is 12.1 Å². The van der Waals surface area contributed by atoms with Gasteiger partial charge in [0.15, 0.2) is 11.6 Å². The first kappa shape index (κ1) is 15.1. The SMILES string of the molecule is Cc1cccc(C)c1COc1cc(C#CCO)ccc1F. The molecule has 0 aliphatic heterocycles. The molecule has 2 aromatic rings. The minimum absolute atomic E-state index is 0.169. The summed E-state index contributed by atoms with van der Waals surface area (Å²) in [6, 6.07) is 10.4. The fourth-order valence-corrected chi connectivity index (χ4v) is 2.06. The van der Waals surface area contributed by atoms with E-state index in [2.05, 4.69) is 11.8 Å². The van der Waals surface area contributed by atoms with E-state index in [4.69, 9.17) is 9.84 Å². The number of rotatable bonds is 3. The highest BCUT2D eigenvalue weighted by Gasteiger charge is 2.07. The van der Waals surface area contributed by atoms with E-state index in [1.165, 1.54) is 6.07 Å². The van der Waals surface area contributed by atoms with E-state index < -0.39 is 5.82 Å². The monoisotopic (exact) mass is 284 g/mol. The van der Waals surface area contributed by atoms with Crippen LogP contribution in [0.5, 0.6) is 5.75 Å². The maximum absolute atomic E-state index is 13.8. The lowest BCUT2D eigenvalue weighted by atomic mass is 10.0. The Balaban J connectivity index is 2.20. The molecule has 1 N–H and O–H groups in total. The molecule has 0 amide bonds. The van der Waals surface area contributed by atoms with Crippen molar-refractivity contribution < 1.29 is 14.2 Å². The molecule has 0 saturated heterocycles. The number of benzene rings is 2. The van der Waals surface area contributed by atoms with Gasteiger partial charge in [-0.2, -0.15) is 0 Å². The minimum Gasteiger partial charge on any atom is -0.486 e. The quantitative estimate of drug-likeness (QED) is 0.876. The molecule has 3 heteroatoms. The number of hydrogen-bond acceptors (Lipinski definition) is 2. The number of hydrogen-bond donors (Lipinski definition) is 1. The standard InChI is InChI=1S/C18H17FO2/c1-13-5-3-6-14(2)16(13)12-21-18-11-15(7-4-10-20)8-9-17(18)19/h3,5-6,8-9,11,20H,10,12H2,1-2H3. The summed E-state index contributed by atoms with van der Waals surface area (Å²) in [6.07, 6.45) is 0. The maximum atomic E-state index is 13.8. The van der Waals surface area contributed by atoms with Gasteiger partial charge in [-0.3, -0.25) is 0 Å². The van der Waals surface area contributed by atoms with Gasteiger partial charge in [0, 0.05) is 5.56 Å². The molecule has 0 saturated carbocycles. The molecular weight excluding hydrogens is 267 g/mol. The summed E-state index contributed by atoms with van der Waals surface area (Å²) >= 11 is 0. The van der Waals surface area contributed by atoms with Gasteiger partial charge in [0.25, 0.3) is 0 Å². The summed E-state index contributed by atoms with van der Waals surface area (Å²) in [6.45, 7) is 4.10. The van der Waals surface area contributed by atoms with E-state index in [0.29, 0.717) is 12.2 Å². The summed E-state index contributed by atoms with van der Waals surface area (Å²) in [4.78, 5) is 0. The summed E-state index contributed by atoms with van der Waals surface area (Å²) in [5.74, 6) is 5.02. The maximum Gasteiger partial charge on any atom is 0.165 e. The Morgan fingerprint density at radius 1 is 1.14 bits per heavy atom. The zero-order chi connectivity index (χ0) is 15.2. The second-order valence-electron chi connectivity index (χ2n) is 4.76. The molecule has 2 nitrogen and oxygen atoms in total. The molecule has 2 aromatic carbocycles. The third-order valence-electron chi connectivity index (χ3n) is 3.26. The topological polar surface area (TPSA) is 29.5 Å². The average molecular weight is 284 g/mol. The fourth-order valence-electron chi connectivity index (χ4n) is 2.06. The molecule has 108 valence electrons. The van der Waals surface area contributed by atoms with Gasteiger partial charge in [-0.25, -0.2) is 4.39 Å². The summed E-state index contributed by atoms with van der Waals surface area (Å²) in [5, 5.41) is 8.69. The van der Waals surface area contributed by atoms with Crippen LogP contribution in [0.3, 0.4) is 0 Å². The van der Waals surface area contributed by atoms with Gasteiger partial charge in [-0.1, -0.05) is 30.0 Å². The number of aliphatic hydroxyl groups is 1. The number of aliphatic hydroxyl groups excluding tert-OH is 1. The van der Waals surface area contributed by atoms with E-state index >= 15 is 0 Å². The van der Waals surface area contributed by atoms with Gasteiger partial charge in [-0.05, 0) is 48.7 Å². The fraction of sp³-hybridized carbons (Fsp3) is 0.222. The largest absolute Gasteiger partial charge is 0.486 e. The first-order valence-electron chi connectivity index (χ1n) is 6.69. The zero-order valence-electron chi connectivity index (χ0n) is 12.1. The summed E-state index contributed by atoms with van der Waals surface area (Å²) in [7, 11) is 0. The molecule has 2 rings (SSSR count). The van der Waals surface area contributed by atoms with Crippen LogP contribution in [0.1, 0.15) is 22.3 Å². The lowest BCUT2D eigenvalue weighted by Gasteiger charge is -2.12. The Bertz CT molecular complexity index is 676. The van der Waals surface area contributed by atoms with Gasteiger partial charge in [0.2, 0.25) is 0 Å². The zero-order valence-corrected chi connectivity index (χ0v) is 12.1. The van der Waals surface area contributed by atoms with Crippen LogP contribution in [-0.4, -0.2) is 11.7 Å². The Hall–Kier alpha value is -2.31. The molecule has 0 unspecified atom stereocenters. The van der Waals surface area contributed by atoms with Crippen LogP contribution >= 0.6 is 0 Å². The first-order valence-corrected chi connectivity index (χ1v) is 6.69. The Kier molecular flexibility index (Phi) is 4.97. The van der Waals surface area contributed by atoms with Crippen LogP contribution < -0.4 is 4.74 Å². The second-order valence-corrected chi connectivity index (χ2v) is 4.76. The highest BCUT2D eigenvalue weighted by molar-refractivity contribution is 5.41. The van der Waals surface area contributed by atoms with Gasteiger partial charge in [-0.15, -0.1) is 0 Å². The van der Waals surface area contributed by atoms with Crippen LogP contribution in [-0.2, 0) is 6.61 Å². The number of ether oxygens (including phenoxy) is 1. The molecule has 0 atom stereocenters. The molecule has 0 aromatic heterocycles. The van der Waals surface area contributed by atoms with Gasteiger partial charge < -0.3 is 9.84 Å². The van der Waals surface area contributed by atoms with Crippen molar-refractivity contribution in [2.75, 3.05) is 6.61 Å². The Morgan fingerprint density at radius 3 is 2.52 bits per heavy atom. The van der Waals surface area contributed by atoms with Crippen molar-refractivity contribution in [3.05, 3.63) is 64.5 Å². The average Bonchev–Trinajstić information content (AvgIpc) is 2.47.